The maximum atomic E-state index is 5.07. The van der Waals surface area contributed by atoms with Crippen LogP contribution >= 0.6 is 0 Å². The molecular weight excluding hydrogens is 512 g/mol. The van der Waals surface area contributed by atoms with Crippen molar-refractivity contribution in [1.29, 1.82) is 0 Å². The van der Waals surface area contributed by atoms with Gasteiger partial charge in [0.25, 0.3) is 0 Å². The van der Waals surface area contributed by atoms with Crippen LogP contribution in [-0.2, 0) is 0 Å². The van der Waals surface area contributed by atoms with E-state index in [4.69, 9.17) is 15.3 Å². The highest BCUT2D eigenvalue weighted by atomic mass is 15.2. The third-order valence-electron chi connectivity index (χ3n) is 7.87. The first kappa shape index (κ1) is 24.2. The van der Waals surface area contributed by atoms with Gasteiger partial charge in [-0.1, -0.05) is 127 Å². The topological polar surface area (TPSA) is 51.7 Å². The Bertz CT molecular complexity index is 2170. The summed E-state index contributed by atoms with van der Waals surface area (Å²) in [5.74, 6) is 1.37. The molecule has 1 aliphatic rings. The van der Waals surface area contributed by atoms with Crippen molar-refractivity contribution in [2.45, 2.75) is 6.17 Å². The molecule has 7 aromatic rings. The first-order valence-electron chi connectivity index (χ1n) is 14.1. The van der Waals surface area contributed by atoms with Crippen LogP contribution in [-0.4, -0.2) is 16.7 Å². The number of benzene rings is 6. The third kappa shape index (κ3) is 4.40. The van der Waals surface area contributed by atoms with E-state index in [1.807, 2.05) is 12.3 Å². The Morgan fingerprint density at radius 2 is 1.12 bits per heavy atom. The molecule has 198 valence electrons. The molecule has 0 fully saturated rings. The number of nitrogens with zero attached hydrogens (tertiary/aromatic N) is 4. The van der Waals surface area contributed by atoms with Gasteiger partial charge >= 0.3 is 0 Å². The summed E-state index contributed by atoms with van der Waals surface area (Å²) in [6.07, 6.45) is 1.43. The van der Waals surface area contributed by atoms with Crippen molar-refractivity contribution < 1.29 is 0 Å². The van der Waals surface area contributed by atoms with Crippen molar-refractivity contribution in [3.05, 3.63) is 168 Å². The zero-order chi connectivity index (χ0) is 27.9. The van der Waals surface area contributed by atoms with Crippen LogP contribution in [0.2, 0.25) is 0 Å². The Morgan fingerprint density at radius 1 is 0.500 bits per heavy atom. The van der Waals surface area contributed by atoms with E-state index in [-0.39, 0.29) is 0 Å². The Balaban J connectivity index is 1.21. The van der Waals surface area contributed by atoms with E-state index >= 15 is 0 Å². The molecule has 1 unspecified atom stereocenters. The fourth-order valence-electron chi connectivity index (χ4n) is 5.67. The predicted octanol–water partition coefficient (Wildman–Crippen LogP) is 9.49. The van der Waals surface area contributed by atoms with E-state index in [2.05, 4.69) is 138 Å². The van der Waals surface area contributed by atoms with Gasteiger partial charge in [-0.05, 0) is 62.0 Å². The highest BCUT2D eigenvalue weighted by Crippen LogP contribution is 2.34. The molecule has 6 aromatic carbocycles. The summed E-state index contributed by atoms with van der Waals surface area (Å²) >= 11 is 0. The molecule has 42 heavy (non-hydrogen) atoms. The molecule has 1 atom stereocenters. The summed E-state index contributed by atoms with van der Waals surface area (Å²) in [5, 5.41) is 10.9. The predicted molar refractivity (Wildman–Crippen MR) is 174 cm³/mol. The largest absolute Gasteiger partial charge is 0.438 e. The van der Waals surface area contributed by atoms with Gasteiger partial charge in [0, 0.05) is 17.1 Å². The Labute approximate surface area is 243 Å². The number of aliphatic imine (C=N–C) groups is 2. The molecule has 0 saturated carbocycles. The number of rotatable bonds is 4. The lowest BCUT2D eigenvalue weighted by atomic mass is 9.99. The van der Waals surface area contributed by atoms with Crippen LogP contribution in [0.1, 0.15) is 22.9 Å². The smallest absolute Gasteiger partial charge is 0.0822 e. The van der Waals surface area contributed by atoms with E-state index < -0.39 is 6.17 Å². The molecule has 8 rings (SSSR count). The molecule has 0 aliphatic carbocycles. The van der Waals surface area contributed by atoms with E-state index in [9.17, 15) is 0 Å². The van der Waals surface area contributed by atoms with Crippen molar-refractivity contribution in [2.24, 2.45) is 9.98 Å². The molecule has 0 radical (unpaired) electrons. The lowest BCUT2D eigenvalue weighted by Crippen LogP contribution is -2.16. The van der Waals surface area contributed by atoms with Crippen molar-refractivity contribution in [1.82, 2.24) is 4.98 Å². The second kappa shape index (κ2) is 10.1. The first-order chi connectivity index (χ1) is 20.8. The summed E-state index contributed by atoms with van der Waals surface area (Å²) < 4.78 is 0. The van der Waals surface area contributed by atoms with Gasteiger partial charge in [-0.25, -0.2) is 0 Å². The second-order valence-corrected chi connectivity index (χ2v) is 10.5. The fraction of sp³-hybridized carbons (Fsp3) is 0.0263. The molecule has 0 amide bonds. The lowest BCUT2D eigenvalue weighted by molar-refractivity contribution is 0.878. The Morgan fingerprint density at radius 3 is 1.88 bits per heavy atom. The van der Waals surface area contributed by atoms with Crippen LogP contribution in [0.4, 0.5) is 0 Å². The SMILES string of the molecule is c1ccc2cc(C3=NC(c4ccc(-c5cccc6cccnc56)cc4)[N-]C(c4ccc5ccccc5c4)=N3)ccc2c1. The summed E-state index contributed by atoms with van der Waals surface area (Å²) in [5.41, 5.74) is 6.19. The fourth-order valence-corrected chi connectivity index (χ4v) is 5.67. The minimum absolute atomic E-state index is 0.412. The Kier molecular flexibility index (Phi) is 5.82. The molecule has 4 heteroatoms. The number of hydrogen-bond donors (Lipinski definition) is 0. The number of fused-ring (bicyclic) bond motifs is 3. The molecule has 0 bridgehead atoms. The molecule has 0 saturated heterocycles. The molecule has 0 spiro atoms. The van der Waals surface area contributed by atoms with Crippen LogP contribution in [0.3, 0.4) is 0 Å². The monoisotopic (exact) mass is 537 g/mol. The van der Waals surface area contributed by atoms with Gasteiger partial charge in [0.15, 0.2) is 0 Å². The van der Waals surface area contributed by atoms with E-state index in [1.165, 1.54) is 10.8 Å². The van der Waals surface area contributed by atoms with Crippen molar-refractivity contribution in [2.75, 3.05) is 0 Å². The highest BCUT2D eigenvalue weighted by Gasteiger charge is 2.15. The van der Waals surface area contributed by atoms with Crippen LogP contribution in [0, 0.1) is 0 Å². The number of para-hydroxylation sites is 1. The number of pyridine rings is 1. The maximum absolute atomic E-state index is 5.07. The van der Waals surface area contributed by atoms with Crippen molar-refractivity contribution in [3.63, 3.8) is 0 Å². The summed E-state index contributed by atoms with van der Waals surface area (Å²) in [6, 6.07) is 48.4. The zero-order valence-electron chi connectivity index (χ0n) is 22.7. The second-order valence-electron chi connectivity index (χ2n) is 10.5. The summed E-state index contributed by atoms with van der Waals surface area (Å²) in [4.78, 5) is 14.7. The highest BCUT2D eigenvalue weighted by molar-refractivity contribution is 6.19. The molecular formula is C38H25N4-. The van der Waals surface area contributed by atoms with Gasteiger partial charge < -0.3 is 10.3 Å². The summed E-state index contributed by atoms with van der Waals surface area (Å²) in [7, 11) is 0. The Hall–Kier alpha value is -5.61. The minimum atomic E-state index is -0.412. The van der Waals surface area contributed by atoms with Gasteiger partial charge in [-0.2, -0.15) is 0 Å². The van der Waals surface area contributed by atoms with Crippen LogP contribution in [0.5, 0.6) is 0 Å². The van der Waals surface area contributed by atoms with E-state index in [0.29, 0.717) is 11.7 Å². The van der Waals surface area contributed by atoms with Crippen molar-refractivity contribution in [3.8, 4) is 11.1 Å². The van der Waals surface area contributed by atoms with Gasteiger partial charge in [-0.15, -0.1) is 0 Å². The van der Waals surface area contributed by atoms with Gasteiger partial charge in [-0.3, -0.25) is 9.98 Å². The van der Waals surface area contributed by atoms with Gasteiger partial charge in [0.1, 0.15) is 0 Å². The van der Waals surface area contributed by atoms with E-state index in [0.717, 1.165) is 49.5 Å². The number of aromatic nitrogens is 1. The quantitative estimate of drug-likeness (QED) is 0.221. The average molecular weight is 538 g/mol. The first-order valence-corrected chi connectivity index (χ1v) is 14.1. The van der Waals surface area contributed by atoms with Crippen LogP contribution < -0.4 is 0 Å². The number of amidine groups is 2. The summed E-state index contributed by atoms with van der Waals surface area (Å²) in [6.45, 7) is 0. The normalized spacial score (nSPS) is 14.9. The minimum Gasteiger partial charge on any atom is -0.438 e. The van der Waals surface area contributed by atoms with Crippen molar-refractivity contribution >= 4 is 44.1 Å². The van der Waals surface area contributed by atoms with Crippen LogP contribution in [0.15, 0.2) is 156 Å². The molecule has 0 N–H and O–H groups in total. The van der Waals surface area contributed by atoms with Crippen LogP contribution in [0.25, 0.3) is 48.9 Å². The standard InChI is InChI=1S/C38H25N4/c1-3-9-30-23-32(20-14-25(30)7-1)37-40-36(41-38(42-37)33-21-15-26-8-2-4-10-31(26)24-33)29-18-16-27(17-19-29)34-13-5-11-28-12-6-22-39-35(28)34/h1-24,36H/q-1. The zero-order valence-corrected chi connectivity index (χ0v) is 22.7. The molecule has 4 nitrogen and oxygen atoms in total. The lowest BCUT2D eigenvalue weighted by Gasteiger charge is -2.32. The maximum Gasteiger partial charge on any atom is 0.0822 e. The van der Waals surface area contributed by atoms with E-state index in [1.54, 1.807) is 0 Å². The average Bonchev–Trinajstić information content (AvgIpc) is 3.07. The third-order valence-corrected chi connectivity index (χ3v) is 7.87. The number of hydrogen-bond acceptors (Lipinski definition) is 3. The molecule has 1 aliphatic heterocycles. The van der Waals surface area contributed by atoms with Gasteiger partial charge in [0.05, 0.1) is 17.5 Å². The molecule has 1 aromatic heterocycles. The van der Waals surface area contributed by atoms with Gasteiger partial charge in [0.2, 0.25) is 0 Å². The molecule has 2 heterocycles.